The molecular formula is C21H25F7N6. The highest BCUT2D eigenvalue weighted by Gasteiger charge is 2.50. The summed E-state index contributed by atoms with van der Waals surface area (Å²) in [6.45, 7) is 0. The van der Waals surface area contributed by atoms with Gasteiger partial charge in [-0.2, -0.15) is 18.2 Å². The fourth-order valence-corrected chi connectivity index (χ4v) is 4.80. The van der Waals surface area contributed by atoms with Crippen LogP contribution in [0.25, 0.3) is 0 Å². The highest BCUT2D eigenvalue weighted by molar-refractivity contribution is 5.96. The monoisotopic (exact) mass is 494 g/mol. The zero-order valence-electron chi connectivity index (χ0n) is 18.1. The molecule has 1 aromatic heterocycles. The standard InChI is InChI=1S/C21H25F7N6/c22-18(23)6-1-12(2-7-18)20(15-11-13(5-10-30-15)21(26,27)28)33-16(29)32-17(34-20)31-14-3-8-19(24,25)9-4-14/h5,10-12,14H,1-4,6-9H2,(H4,29,31,32,33,34). The molecule has 0 radical (unpaired) electrons. The Morgan fingerprint density at radius 1 is 0.971 bits per heavy atom. The SMILES string of the molecule is NC1=NC(c2cc(C(F)(F)F)ccn2)(C2CCC(F)(F)CC2)NC(NC2CCC(F)(F)CC2)=N1. The Kier molecular flexibility index (Phi) is 6.17. The van der Waals surface area contributed by atoms with Crippen molar-refractivity contribution in [1.29, 1.82) is 0 Å². The minimum Gasteiger partial charge on any atom is -0.368 e. The predicted octanol–water partition coefficient (Wildman–Crippen LogP) is 4.52. The van der Waals surface area contributed by atoms with Gasteiger partial charge in [-0.1, -0.05) is 0 Å². The summed E-state index contributed by atoms with van der Waals surface area (Å²) in [5.41, 5.74) is 3.15. The van der Waals surface area contributed by atoms with Gasteiger partial charge in [0, 0.05) is 43.8 Å². The highest BCUT2D eigenvalue weighted by Crippen LogP contribution is 2.46. The summed E-state index contributed by atoms with van der Waals surface area (Å²) in [6, 6.07) is 1.25. The van der Waals surface area contributed by atoms with E-state index in [2.05, 4.69) is 25.6 Å². The molecule has 1 unspecified atom stereocenters. The van der Waals surface area contributed by atoms with E-state index in [4.69, 9.17) is 5.73 Å². The van der Waals surface area contributed by atoms with Crippen molar-refractivity contribution in [2.45, 2.75) is 81.1 Å². The van der Waals surface area contributed by atoms with Crippen molar-refractivity contribution < 1.29 is 30.7 Å². The van der Waals surface area contributed by atoms with Gasteiger partial charge in [0.1, 0.15) is 0 Å². The lowest BCUT2D eigenvalue weighted by Gasteiger charge is -2.44. The summed E-state index contributed by atoms with van der Waals surface area (Å²) in [4.78, 5) is 12.5. The first-order valence-corrected chi connectivity index (χ1v) is 11.1. The van der Waals surface area contributed by atoms with Crippen LogP contribution in [0.1, 0.15) is 62.6 Å². The van der Waals surface area contributed by atoms with Crippen LogP contribution in [0.3, 0.4) is 0 Å². The lowest BCUT2D eigenvalue weighted by atomic mass is 9.76. The Balaban J connectivity index is 1.67. The second-order valence-electron chi connectivity index (χ2n) is 9.15. The van der Waals surface area contributed by atoms with Crippen molar-refractivity contribution >= 4 is 11.9 Å². The molecule has 188 valence electrons. The summed E-state index contributed by atoms with van der Waals surface area (Å²) in [7, 11) is 0. The fourth-order valence-electron chi connectivity index (χ4n) is 4.80. The van der Waals surface area contributed by atoms with Crippen molar-refractivity contribution in [2.75, 3.05) is 0 Å². The van der Waals surface area contributed by atoms with Gasteiger partial charge in [0.2, 0.25) is 23.8 Å². The second kappa shape index (κ2) is 8.56. The van der Waals surface area contributed by atoms with Crippen LogP contribution in [0, 0.1) is 5.92 Å². The van der Waals surface area contributed by atoms with Crippen LogP contribution in [0.5, 0.6) is 0 Å². The molecule has 2 heterocycles. The first-order valence-electron chi connectivity index (χ1n) is 11.1. The number of pyridine rings is 1. The maximum absolute atomic E-state index is 13.9. The molecule has 4 N–H and O–H groups in total. The van der Waals surface area contributed by atoms with Gasteiger partial charge in [-0.3, -0.25) is 4.98 Å². The highest BCUT2D eigenvalue weighted by atomic mass is 19.4. The van der Waals surface area contributed by atoms with Crippen molar-refractivity contribution in [3.63, 3.8) is 0 Å². The number of halogens is 7. The van der Waals surface area contributed by atoms with Crippen LogP contribution >= 0.6 is 0 Å². The molecule has 6 nitrogen and oxygen atoms in total. The molecule has 0 aromatic carbocycles. The first kappa shape index (κ1) is 24.5. The topological polar surface area (TPSA) is 87.7 Å². The Labute approximate surface area is 191 Å². The Hall–Kier alpha value is -2.60. The molecule has 13 heteroatoms. The van der Waals surface area contributed by atoms with E-state index in [9.17, 15) is 30.7 Å². The lowest BCUT2D eigenvalue weighted by molar-refractivity contribution is -0.137. The first-order chi connectivity index (χ1) is 15.8. The molecule has 0 amide bonds. The number of hydrogen-bond donors (Lipinski definition) is 3. The van der Waals surface area contributed by atoms with Gasteiger partial charge < -0.3 is 16.4 Å². The normalized spacial score (nSPS) is 28.0. The van der Waals surface area contributed by atoms with E-state index < -0.39 is 48.0 Å². The summed E-state index contributed by atoms with van der Waals surface area (Å²) < 4.78 is 95.1. The molecule has 0 spiro atoms. The van der Waals surface area contributed by atoms with Crippen LogP contribution in [-0.2, 0) is 11.8 Å². The number of rotatable bonds is 3. The molecule has 2 saturated carbocycles. The Morgan fingerprint density at radius 2 is 1.56 bits per heavy atom. The number of aromatic nitrogens is 1. The van der Waals surface area contributed by atoms with E-state index >= 15 is 0 Å². The zero-order chi connectivity index (χ0) is 24.8. The third-order valence-electron chi connectivity index (χ3n) is 6.67. The molecule has 2 aliphatic carbocycles. The van der Waals surface area contributed by atoms with Crippen molar-refractivity contribution in [1.82, 2.24) is 15.6 Å². The zero-order valence-corrected chi connectivity index (χ0v) is 18.1. The number of hydrogen-bond acceptors (Lipinski definition) is 6. The quantitative estimate of drug-likeness (QED) is 0.540. The van der Waals surface area contributed by atoms with Crippen LogP contribution in [0.15, 0.2) is 28.3 Å². The number of alkyl halides is 7. The van der Waals surface area contributed by atoms with E-state index in [1.807, 2.05) is 0 Å². The Morgan fingerprint density at radius 3 is 2.15 bits per heavy atom. The number of aliphatic imine (C=N–C) groups is 2. The van der Waals surface area contributed by atoms with E-state index in [-0.39, 0.29) is 62.2 Å². The minimum absolute atomic E-state index is 0.0410. The average Bonchev–Trinajstić information content (AvgIpc) is 2.74. The van der Waals surface area contributed by atoms with E-state index in [0.29, 0.717) is 0 Å². The molecule has 2 fully saturated rings. The van der Waals surface area contributed by atoms with Crippen LogP contribution in [0.4, 0.5) is 30.7 Å². The van der Waals surface area contributed by atoms with Gasteiger partial charge in [-0.15, -0.1) is 0 Å². The summed E-state index contributed by atoms with van der Waals surface area (Å²) in [5, 5.41) is 5.96. The number of nitrogens with one attached hydrogen (secondary N) is 2. The van der Waals surface area contributed by atoms with Crippen molar-refractivity contribution in [3.05, 3.63) is 29.6 Å². The van der Waals surface area contributed by atoms with Gasteiger partial charge in [0.05, 0.1) is 11.3 Å². The van der Waals surface area contributed by atoms with Gasteiger partial charge >= 0.3 is 6.18 Å². The maximum atomic E-state index is 13.9. The third-order valence-corrected chi connectivity index (χ3v) is 6.67. The van der Waals surface area contributed by atoms with Gasteiger partial charge in [-0.25, -0.2) is 22.6 Å². The van der Waals surface area contributed by atoms with E-state index in [0.717, 1.165) is 18.3 Å². The molecular weight excluding hydrogens is 469 g/mol. The van der Waals surface area contributed by atoms with Gasteiger partial charge in [-0.05, 0) is 37.8 Å². The molecule has 3 aliphatic rings. The minimum atomic E-state index is -4.66. The van der Waals surface area contributed by atoms with Crippen molar-refractivity contribution in [3.8, 4) is 0 Å². The number of nitrogens with two attached hydrogens (primary N) is 1. The van der Waals surface area contributed by atoms with Gasteiger partial charge in [0.15, 0.2) is 5.66 Å². The molecule has 1 atom stereocenters. The van der Waals surface area contributed by atoms with Crippen molar-refractivity contribution in [2.24, 2.45) is 21.6 Å². The van der Waals surface area contributed by atoms with Gasteiger partial charge in [0.25, 0.3) is 0 Å². The number of nitrogens with zero attached hydrogens (tertiary/aromatic N) is 3. The van der Waals surface area contributed by atoms with Crippen LogP contribution in [0.2, 0.25) is 0 Å². The molecule has 1 aromatic rings. The van der Waals surface area contributed by atoms with Crippen LogP contribution in [-0.4, -0.2) is 34.8 Å². The summed E-state index contributed by atoms with van der Waals surface area (Å²) in [5.74, 6) is -6.53. The third kappa shape index (κ3) is 5.22. The van der Waals surface area contributed by atoms with E-state index in [1.54, 1.807) is 0 Å². The summed E-state index contributed by atoms with van der Waals surface area (Å²) in [6.07, 6.45) is -5.04. The predicted molar refractivity (Wildman–Crippen MR) is 110 cm³/mol. The Bertz CT molecular complexity index is 957. The molecule has 0 bridgehead atoms. The molecule has 0 saturated heterocycles. The number of guanidine groups is 2. The molecule has 34 heavy (non-hydrogen) atoms. The maximum Gasteiger partial charge on any atom is 0.416 e. The molecule has 1 aliphatic heterocycles. The summed E-state index contributed by atoms with van der Waals surface area (Å²) >= 11 is 0. The van der Waals surface area contributed by atoms with E-state index in [1.165, 1.54) is 0 Å². The van der Waals surface area contributed by atoms with Crippen LogP contribution < -0.4 is 16.4 Å². The fraction of sp³-hybridized carbons (Fsp3) is 0.667. The molecule has 4 rings (SSSR count). The average molecular weight is 494 g/mol. The lowest BCUT2D eigenvalue weighted by Crippen LogP contribution is -2.60. The largest absolute Gasteiger partial charge is 0.416 e. The smallest absolute Gasteiger partial charge is 0.368 e. The second-order valence-corrected chi connectivity index (χ2v) is 9.15.